The van der Waals surface area contributed by atoms with Crippen molar-refractivity contribution in [2.24, 2.45) is 0 Å². The van der Waals surface area contributed by atoms with Gasteiger partial charge in [0.25, 0.3) is 0 Å². The number of hydrogen-bond acceptors (Lipinski definition) is 1. The minimum atomic E-state index is -1.33. The zero-order chi connectivity index (χ0) is 9.45. The van der Waals surface area contributed by atoms with Gasteiger partial charge >= 0.3 is 0 Å². The molecule has 0 N–H and O–H groups in total. The van der Waals surface area contributed by atoms with E-state index in [0.29, 0.717) is 0 Å². The average Bonchev–Trinajstić information content (AvgIpc) is 1.94. The molecule has 2 heteroatoms. The summed E-state index contributed by atoms with van der Waals surface area (Å²) in [5.41, 5.74) is 0. The fraction of sp³-hybridized carbons (Fsp3) is 0.600. The molecule has 0 bridgehead atoms. The lowest BCUT2D eigenvalue weighted by molar-refractivity contribution is 0.476. The summed E-state index contributed by atoms with van der Waals surface area (Å²) >= 11 is 0. The van der Waals surface area contributed by atoms with Crippen LogP contribution < -0.4 is 0 Å². The highest BCUT2D eigenvalue weighted by atomic mass is 28.4. The Kier molecular flexibility index (Phi) is 5.81. The van der Waals surface area contributed by atoms with Gasteiger partial charge in [0, 0.05) is 0 Å². The molecule has 0 atom stereocenters. The van der Waals surface area contributed by atoms with E-state index >= 15 is 0 Å². The molecule has 0 radical (unpaired) electrons. The first-order valence-electron chi connectivity index (χ1n) is 4.50. The SMILES string of the molecule is C=CCCC/C=C\O[Si](C)(C)C. The van der Waals surface area contributed by atoms with Gasteiger partial charge in [0.05, 0.1) is 6.26 Å². The quantitative estimate of drug-likeness (QED) is 0.265. The molecule has 0 spiro atoms. The second-order valence-electron chi connectivity index (χ2n) is 3.82. The van der Waals surface area contributed by atoms with Crippen molar-refractivity contribution in [3.8, 4) is 0 Å². The lowest BCUT2D eigenvalue weighted by Gasteiger charge is -2.14. The van der Waals surface area contributed by atoms with Gasteiger partial charge in [-0.1, -0.05) is 12.2 Å². The molecule has 0 rings (SSSR count). The lowest BCUT2D eigenvalue weighted by Crippen LogP contribution is -2.21. The fourth-order valence-corrected chi connectivity index (χ4v) is 1.20. The Hall–Kier alpha value is -0.503. The van der Waals surface area contributed by atoms with E-state index in [-0.39, 0.29) is 0 Å². The molecule has 0 aliphatic carbocycles. The predicted octanol–water partition coefficient (Wildman–Crippen LogP) is 3.71. The lowest BCUT2D eigenvalue weighted by atomic mass is 10.2. The third kappa shape index (κ3) is 9.50. The van der Waals surface area contributed by atoms with Gasteiger partial charge in [-0.15, -0.1) is 6.58 Å². The Labute approximate surface area is 77.3 Å². The van der Waals surface area contributed by atoms with E-state index in [1.807, 2.05) is 12.3 Å². The Bertz CT molecular complexity index is 144. The van der Waals surface area contributed by atoms with Crippen LogP contribution in [0.25, 0.3) is 0 Å². The van der Waals surface area contributed by atoms with Gasteiger partial charge in [0.1, 0.15) is 0 Å². The van der Waals surface area contributed by atoms with Gasteiger partial charge in [-0.3, -0.25) is 0 Å². The first kappa shape index (κ1) is 11.5. The fourth-order valence-electron chi connectivity index (χ4n) is 0.700. The molecule has 70 valence electrons. The van der Waals surface area contributed by atoms with Gasteiger partial charge in [-0.25, -0.2) is 0 Å². The van der Waals surface area contributed by atoms with E-state index in [0.717, 1.165) is 12.8 Å². The summed E-state index contributed by atoms with van der Waals surface area (Å²) in [5.74, 6) is 0. The van der Waals surface area contributed by atoms with Crippen molar-refractivity contribution in [1.82, 2.24) is 0 Å². The number of unbranched alkanes of at least 4 members (excludes halogenated alkanes) is 2. The highest BCUT2D eigenvalue weighted by Gasteiger charge is 2.12. The van der Waals surface area contributed by atoms with Gasteiger partial charge in [-0.2, -0.15) is 0 Å². The Morgan fingerprint density at radius 2 is 1.92 bits per heavy atom. The normalized spacial score (nSPS) is 11.9. The molecular weight excluding hydrogens is 164 g/mol. The van der Waals surface area contributed by atoms with E-state index in [9.17, 15) is 0 Å². The van der Waals surface area contributed by atoms with Crippen molar-refractivity contribution in [2.75, 3.05) is 0 Å². The molecule has 0 aromatic carbocycles. The molecule has 0 saturated heterocycles. The van der Waals surface area contributed by atoms with Gasteiger partial charge in [0.15, 0.2) is 0 Å². The minimum Gasteiger partial charge on any atom is -0.550 e. The molecule has 1 nitrogen and oxygen atoms in total. The molecule has 0 fully saturated rings. The molecular formula is C10H20OSi. The Balaban J connectivity index is 3.31. The van der Waals surface area contributed by atoms with Crippen molar-refractivity contribution in [2.45, 2.75) is 38.9 Å². The molecule has 0 aliphatic rings. The predicted molar refractivity (Wildman–Crippen MR) is 57.6 cm³/mol. The second kappa shape index (κ2) is 6.06. The smallest absolute Gasteiger partial charge is 0.241 e. The summed E-state index contributed by atoms with van der Waals surface area (Å²) in [6.07, 6.45) is 9.27. The summed E-state index contributed by atoms with van der Waals surface area (Å²) in [5, 5.41) is 0. The van der Waals surface area contributed by atoms with Crippen LogP contribution in [-0.2, 0) is 4.43 Å². The van der Waals surface area contributed by atoms with Gasteiger partial charge in [0.2, 0.25) is 8.32 Å². The maximum Gasteiger partial charge on any atom is 0.241 e. The summed E-state index contributed by atoms with van der Waals surface area (Å²) in [7, 11) is -1.33. The van der Waals surface area contributed by atoms with E-state index in [4.69, 9.17) is 4.43 Å². The van der Waals surface area contributed by atoms with E-state index in [1.165, 1.54) is 6.42 Å². The van der Waals surface area contributed by atoms with Crippen LogP contribution >= 0.6 is 0 Å². The highest BCUT2D eigenvalue weighted by Crippen LogP contribution is 2.04. The van der Waals surface area contributed by atoms with Crippen LogP contribution in [0.15, 0.2) is 25.0 Å². The van der Waals surface area contributed by atoms with Gasteiger partial charge in [-0.05, 0) is 38.9 Å². The largest absolute Gasteiger partial charge is 0.550 e. The monoisotopic (exact) mass is 184 g/mol. The molecule has 0 aromatic rings. The molecule has 0 aromatic heterocycles. The molecule has 12 heavy (non-hydrogen) atoms. The summed E-state index contributed by atoms with van der Waals surface area (Å²) < 4.78 is 5.54. The molecule has 0 saturated carbocycles. The summed E-state index contributed by atoms with van der Waals surface area (Å²) in [4.78, 5) is 0. The molecule has 0 aliphatic heterocycles. The van der Waals surface area contributed by atoms with Crippen LogP contribution in [-0.4, -0.2) is 8.32 Å². The van der Waals surface area contributed by atoms with Crippen molar-refractivity contribution >= 4 is 8.32 Å². The number of hydrogen-bond donors (Lipinski definition) is 0. The van der Waals surface area contributed by atoms with Crippen LogP contribution in [0.3, 0.4) is 0 Å². The Morgan fingerprint density at radius 3 is 2.42 bits per heavy atom. The van der Waals surface area contributed by atoms with E-state index < -0.39 is 8.32 Å². The van der Waals surface area contributed by atoms with Crippen molar-refractivity contribution in [1.29, 1.82) is 0 Å². The first-order valence-corrected chi connectivity index (χ1v) is 7.91. The Morgan fingerprint density at radius 1 is 1.25 bits per heavy atom. The summed E-state index contributed by atoms with van der Waals surface area (Å²) in [6, 6.07) is 0. The van der Waals surface area contributed by atoms with Crippen LogP contribution in [0.1, 0.15) is 19.3 Å². The van der Waals surface area contributed by atoms with Crippen molar-refractivity contribution in [3.63, 3.8) is 0 Å². The third-order valence-electron chi connectivity index (χ3n) is 1.30. The minimum absolute atomic E-state index is 1.09. The maximum atomic E-state index is 5.54. The molecule has 0 amide bonds. The van der Waals surface area contributed by atoms with E-state index in [2.05, 4.69) is 32.3 Å². The summed E-state index contributed by atoms with van der Waals surface area (Å²) in [6.45, 7) is 10.2. The molecule has 0 heterocycles. The van der Waals surface area contributed by atoms with Crippen molar-refractivity contribution < 1.29 is 4.43 Å². The van der Waals surface area contributed by atoms with Crippen LogP contribution in [0.4, 0.5) is 0 Å². The van der Waals surface area contributed by atoms with E-state index in [1.54, 1.807) is 0 Å². The standard InChI is InChI=1S/C10H20OSi/c1-5-6-7-8-9-10-11-12(2,3)4/h5,9-10H,1,6-8H2,2-4H3/b10-9-. The molecule has 0 unspecified atom stereocenters. The first-order chi connectivity index (χ1) is 5.56. The van der Waals surface area contributed by atoms with Crippen LogP contribution in [0.2, 0.25) is 19.6 Å². The topological polar surface area (TPSA) is 9.23 Å². The maximum absolute atomic E-state index is 5.54. The zero-order valence-electron chi connectivity index (χ0n) is 8.47. The zero-order valence-corrected chi connectivity index (χ0v) is 9.47. The second-order valence-corrected chi connectivity index (χ2v) is 8.28. The van der Waals surface area contributed by atoms with Crippen LogP contribution in [0, 0.1) is 0 Å². The third-order valence-corrected chi connectivity index (χ3v) is 2.14. The highest BCUT2D eigenvalue weighted by molar-refractivity contribution is 6.69. The van der Waals surface area contributed by atoms with Crippen LogP contribution in [0.5, 0.6) is 0 Å². The van der Waals surface area contributed by atoms with Gasteiger partial charge < -0.3 is 4.43 Å². The van der Waals surface area contributed by atoms with Crippen molar-refractivity contribution in [3.05, 3.63) is 25.0 Å². The average molecular weight is 184 g/mol. The number of rotatable bonds is 6. The number of allylic oxidation sites excluding steroid dienone is 2.